The molecule has 113 heavy (non-hydrogen) atoms. The van der Waals surface area contributed by atoms with Gasteiger partial charge in [0.2, 0.25) is 0 Å². The highest BCUT2D eigenvalue weighted by atomic mass is 31.2. The first kappa shape index (κ1) is 111. The van der Waals surface area contributed by atoms with Crippen molar-refractivity contribution < 1.29 is 80.2 Å². The van der Waals surface area contributed by atoms with Crippen molar-refractivity contribution in [2.24, 2.45) is 5.92 Å². The van der Waals surface area contributed by atoms with E-state index in [1.54, 1.807) is 0 Å². The maximum absolute atomic E-state index is 13.2. The molecule has 0 saturated carbocycles. The molecule has 17 nitrogen and oxygen atoms in total. The second-order valence-electron chi connectivity index (χ2n) is 34.0. The summed E-state index contributed by atoms with van der Waals surface area (Å²) in [4.78, 5) is 73.5. The van der Waals surface area contributed by atoms with Crippen LogP contribution in [0.2, 0.25) is 0 Å². The maximum Gasteiger partial charge on any atom is 0.472 e. The summed E-state index contributed by atoms with van der Waals surface area (Å²) in [6.45, 7) is 7.48. The number of rotatable bonds is 94. The number of phosphoric acid groups is 2. The lowest BCUT2D eigenvalue weighted by Crippen LogP contribution is -2.30. The van der Waals surface area contributed by atoms with Crippen molar-refractivity contribution in [1.82, 2.24) is 0 Å². The van der Waals surface area contributed by atoms with E-state index in [9.17, 15) is 43.2 Å². The van der Waals surface area contributed by atoms with Gasteiger partial charge in [-0.2, -0.15) is 0 Å². The van der Waals surface area contributed by atoms with E-state index in [4.69, 9.17) is 37.0 Å². The number of esters is 4. The average Bonchev–Trinajstić information content (AvgIpc) is 0.899. The number of hydrogen-bond donors (Lipinski definition) is 3. The SMILES string of the molecule is CCCCCCCCCCCCCCCCCCCCCCCCC(=O)OC[C@H](COP(=O)(O)OC[C@@H](O)COP(=O)(O)OC[C@@H](COC(=O)CCCCCCCCCCCCC)OC(=O)CCCCCCCCCCCCCCCCCCCC)OC(=O)CCCCCCCCCCCCCCCCCCCCC(C)CC. The Morgan fingerprint density at radius 2 is 0.425 bits per heavy atom. The Morgan fingerprint density at radius 3 is 0.628 bits per heavy atom. The van der Waals surface area contributed by atoms with Crippen LogP contribution in [-0.2, 0) is 65.4 Å². The Balaban J connectivity index is 5.22. The molecule has 0 rings (SSSR count). The second kappa shape index (κ2) is 86.4. The molecule has 0 spiro atoms. The van der Waals surface area contributed by atoms with Gasteiger partial charge in [0, 0.05) is 25.7 Å². The first-order chi connectivity index (χ1) is 55.1. The van der Waals surface area contributed by atoms with Crippen molar-refractivity contribution in [2.45, 2.75) is 534 Å². The second-order valence-corrected chi connectivity index (χ2v) is 36.9. The molecule has 0 aromatic carbocycles. The van der Waals surface area contributed by atoms with Crippen molar-refractivity contribution in [3.63, 3.8) is 0 Å². The van der Waals surface area contributed by atoms with Crippen molar-refractivity contribution >= 4 is 39.5 Å². The third-order valence-electron chi connectivity index (χ3n) is 22.6. The molecule has 0 aliphatic carbocycles. The summed E-state index contributed by atoms with van der Waals surface area (Å²) < 4.78 is 69.1. The van der Waals surface area contributed by atoms with E-state index in [0.717, 1.165) is 95.8 Å². The Hall–Kier alpha value is -1.94. The van der Waals surface area contributed by atoms with Crippen LogP contribution in [0.3, 0.4) is 0 Å². The number of unbranched alkanes of at least 4 members (excludes halogenated alkanes) is 65. The van der Waals surface area contributed by atoms with Crippen molar-refractivity contribution in [1.29, 1.82) is 0 Å². The van der Waals surface area contributed by atoms with E-state index in [0.29, 0.717) is 25.7 Å². The van der Waals surface area contributed by atoms with Crippen molar-refractivity contribution in [2.75, 3.05) is 39.6 Å². The molecule has 0 saturated heterocycles. The number of phosphoric ester groups is 2. The Kier molecular flexibility index (Phi) is 85.0. The minimum Gasteiger partial charge on any atom is -0.462 e. The lowest BCUT2D eigenvalue weighted by Gasteiger charge is -2.21. The van der Waals surface area contributed by atoms with Gasteiger partial charge < -0.3 is 33.8 Å². The van der Waals surface area contributed by atoms with E-state index in [1.165, 1.54) is 340 Å². The molecule has 0 aliphatic rings. The Morgan fingerprint density at radius 1 is 0.248 bits per heavy atom. The highest BCUT2D eigenvalue weighted by Gasteiger charge is 2.31. The van der Waals surface area contributed by atoms with Crippen LogP contribution in [0.15, 0.2) is 0 Å². The Labute approximate surface area is 696 Å². The van der Waals surface area contributed by atoms with Gasteiger partial charge in [-0.1, -0.05) is 465 Å². The largest absolute Gasteiger partial charge is 0.472 e. The summed E-state index contributed by atoms with van der Waals surface area (Å²) >= 11 is 0. The summed E-state index contributed by atoms with van der Waals surface area (Å²) in [6, 6.07) is 0. The third-order valence-corrected chi connectivity index (χ3v) is 24.5. The van der Waals surface area contributed by atoms with Crippen LogP contribution in [-0.4, -0.2) is 96.7 Å². The molecular formula is C94H184O17P2. The number of aliphatic hydroxyl groups excluding tert-OH is 1. The summed E-state index contributed by atoms with van der Waals surface area (Å²) in [6.07, 6.45) is 83.5. The van der Waals surface area contributed by atoms with Crippen LogP contribution in [0.5, 0.6) is 0 Å². The monoisotopic (exact) mass is 1650 g/mol. The Bertz CT molecular complexity index is 2140. The molecule has 672 valence electrons. The molecule has 19 heteroatoms. The predicted octanol–water partition coefficient (Wildman–Crippen LogP) is 29.5. The van der Waals surface area contributed by atoms with Crippen LogP contribution in [0.25, 0.3) is 0 Å². The summed E-state index contributed by atoms with van der Waals surface area (Å²) in [5, 5.41) is 10.7. The molecule has 0 aliphatic heterocycles. The summed E-state index contributed by atoms with van der Waals surface area (Å²) in [7, 11) is -9.94. The lowest BCUT2D eigenvalue weighted by molar-refractivity contribution is -0.161. The van der Waals surface area contributed by atoms with E-state index in [2.05, 4.69) is 34.6 Å². The molecule has 3 unspecified atom stereocenters. The lowest BCUT2D eigenvalue weighted by atomic mass is 9.99. The van der Waals surface area contributed by atoms with Gasteiger partial charge in [0.25, 0.3) is 0 Å². The zero-order chi connectivity index (χ0) is 82.6. The number of ether oxygens (including phenoxy) is 4. The molecule has 0 aromatic rings. The number of aliphatic hydroxyl groups is 1. The quantitative estimate of drug-likeness (QED) is 0.0222. The van der Waals surface area contributed by atoms with Gasteiger partial charge in [-0.3, -0.25) is 37.3 Å². The fraction of sp³-hybridized carbons (Fsp3) is 0.957. The number of hydrogen-bond acceptors (Lipinski definition) is 15. The van der Waals surface area contributed by atoms with Crippen LogP contribution in [0.1, 0.15) is 516 Å². The fourth-order valence-electron chi connectivity index (χ4n) is 14.9. The van der Waals surface area contributed by atoms with Crippen LogP contribution < -0.4 is 0 Å². The topological polar surface area (TPSA) is 237 Å². The van der Waals surface area contributed by atoms with Gasteiger partial charge in [0.1, 0.15) is 19.3 Å². The van der Waals surface area contributed by atoms with Gasteiger partial charge in [0.05, 0.1) is 26.4 Å². The van der Waals surface area contributed by atoms with Gasteiger partial charge in [-0.15, -0.1) is 0 Å². The molecular weight excluding hydrogens is 1460 g/mol. The van der Waals surface area contributed by atoms with Crippen LogP contribution >= 0.6 is 15.6 Å². The van der Waals surface area contributed by atoms with Crippen LogP contribution in [0.4, 0.5) is 0 Å². The molecule has 0 fully saturated rings. The van der Waals surface area contributed by atoms with E-state index < -0.39 is 97.5 Å². The minimum absolute atomic E-state index is 0.109. The highest BCUT2D eigenvalue weighted by Crippen LogP contribution is 2.45. The first-order valence-electron chi connectivity index (χ1n) is 48.7. The maximum atomic E-state index is 13.2. The fourth-order valence-corrected chi connectivity index (χ4v) is 16.4. The number of carbonyl (C=O) groups excluding carboxylic acids is 4. The van der Waals surface area contributed by atoms with Gasteiger partial charge >= 0.3 is 39.5 Å². The molecule has 3 N–H and O–H groups in total. The molecule has 6 atom stereocenters. The van der Waals surface area contributed by atoms with E-state index in [-0.39, 0.29) is 25.7 Å². The third kappa shape index (κ3) is 86.3. The minimum atomic E-state index is -4.97. The zero-order valence-corrected chi connectivity index (χ0v) is 76.3. The van der Waals surface area contributed by atoms with Gasteiger partial charge in [-0.05, 0) is 31.6 Å². The van der Waals surface area contributed by atoms with E-state index in [1.807, 2.05) is 0 Å². The van der Waals surface area contributed by atoms with E-state index >= 15 is 0 Å². The van der Waals surface area contributed by atoms with Crippen molar-refractivity contribution in [3.05, 3.63) is 0 Å². The predicted molar refractivity (Wildman–Crippen MR) is 469 cm³/mol. The molecule has 0 amide bonds. The molecule has 0 radical (unpaired) electrons. The molecule has 0 bridgehead atoms. The summed E-state index contributed by atoms with van der Waals surface area (Å²) in [5.41, 5.74) is 0. The average molecular weight is 1650 g/mol. The summed E-state index contributed by atoms with van der Waals surface area (Å²) in [5.74, 6) is -1.22. The smallest absolute Gasteiger partial charge is 0.462 e. The van der Waals surface area contributed by atoms with Gasteiger partial charge in [0.15, 0.2) is 12.2 Å². The van der Waals surface area contributed by atoms with Crippen molar-refractivity contribution in [3.8, 4) is 0 Å². The number of carbonyl (C=O) groups is 4. The first-order valence-corrected chi connectivity index (χ1v) is 51.7. The normalized spacial score (nSPS) is 13.9. The van der Waals surface area contributed by atoms with Crippen LogP contribution in [0, 0.1) is 5.92 Å². The zero-order valence-electron chi connectivity index (χ0n) is 74.5. The molecule has 0 heterocycles. The highest BCUT2D eigenvalue weighted by molar-refractivity contribution is 7.47. The molecule has 0 aromatic heterocycles. The standard InChI is InChI=1S/C94H184O17P2/c1-6-10-13-16-19-22-25-27-29-31-33-34-35-36-41-44-48-53-58-63-68-73-78-92(97)105-84-90(111-94(99)80-75-70-65-60-55-50-46-42-38-37-39-43-47-52-56-61-66-71-76-87(5)9-4)86-109-113(102,103)107-82-88(95)81-106-112(100,101)108-85-89(83-104-91(96)77-72-67-62-57-51-24-21-18-15-12-8-3)110-93(98)79-74-69-64-59-54-49-45-40-32-30-28-26-23-20-17-14-11-7-2/h87-90,95H,6-86H2,1-5H3,(H,100,101)(H,102,103)/t87?,88-,89+,90+/m0/s1. The van der Waals surface area contributed by atoms with Gasteiger partial charge in [-0.25, -0.2) is 9.13 Å².